The Hall–Kier alpha value is -3.79. The van der Waals surface area contributed by atoms with Gasteiger partial charge in [-0.3, -0.25) is 10.2 Å². The molecule has 0 saturated heterocycles. The highest BCUT2D eigenvalue weighted by atomic mass is 16.5. The normalized spacial score (nSPS) is 10.3. The van der Waals surface area contributed by atoms with Crippen molar-refractivity contribution < 1.29 is 14.3 Å². The van der Waals surface area contributed by atoms with Crippen LogP contribution in [0.5, 0.6) is 0 Å². The topological polar surface area (TPSA) is 137 Å². The average Bonchev–Trinajstić information content (AvgIpc) is 3.19. The van der Waals surface area contributed by atoms with Gasteiger partial charge in [-0.2, -0.15) is 0 Å². The van der Waals surface area contributed by atoms with Gasteiger partial charge in [0.1, 0.15) is 6.61 Å². The van der Waals surface area contributed by atoms with E-state index in [0.717, 1.165) is 11.3 Å². The third kappa shape index (κ3) is 4.86. The molecule has 0 fully saturated rings. The fourth-order valence-electron chi connectivity index (χ4n) is 2.20. The number of para-hydroxylation sites is 1. The maximum atomic E-state index is 11.8. The van der Waals surface area contributed by atoms with Crippen molar-refractivity contribution in [3.8, 4) is 17.1 Å². The monoisotopic (exact) mass is 367 g/mol. The highest BCUT2D eigenvalue weighted by Crippen LogP contribution is 2.18. The lowest BCUT2D eigenvalue weighted by molar-refractivity contribution is -0.116. The lowest BCUT2D eigenvalue weighted by Crippen LogP contribution is -2.31. The van der Waals surface area contributed by atoms with E-state index in [1.165, 1.54) is 4.80 Å². The van der Waals surface area contributed by atoms with Crippen molar-refractivity contribution >= 4 is 17.7 Å². The third-order valence-electron chi connectivity index (χ3n) is 3.51. The Bertz CT molecular complexity index is 910. The summed E-state index contributed by atoms with van der Waals surface area (Å²) < 4.78 is 4.65. The van der Waals surface area contributed by atoms with Gasteiger partial charge in [-0.25, -0.2) is 10.6 Å². The molecule has 3 aromatic rings. The molecule has 4 N–H and O–H groups in total. The molecule has 3 rings (SSSR count). The van der Waals surface area contributed by atoms with Crippen molar-refractivity contribution in [3.63, 3.8) is 0 Å². The molecule has 1 heterocycles. The van der Waals surface area contributed by atoms with E-state index >= 15 is 0 Å². The van der Waals surface area contributed by atoms with Gasteiger partial charge in [-0.15, -0.1) is 15.0 Å². The number of nitrogens with zero attached hydrogens (tertiary/aromatic N) is 4. The molecule has 0 aliphatic rings. The smallest absolute Gasteiger partial charge is 0.421 e. The Balaban J connectivity index is 1.58. The number of hydrazine groups is 1. The fraction of sp³-hybridized carbons (Fsp3) is 0.118. The first kappa shape index (κ1) is 18.0. The molecule has 10 nitrogen and oxygen atoms in total. The molecule has 2 amide bonds. The molecule has 0 aliphatic carbocycles. The van der Waals surface area contributed by atoms with Crippen LogP contribution in [-0.2, 0) is 9.53 Å². The second kappa shape index (κ2) is 8.54. The minimum Gasteiger partial charge on any atom is -0.448 e. The van der Waals surface area contributed by atoms with E-state index in [-0.39, 0.29) is 18.9 Å². The number of nitrogens with two attached hydrogens (primary N) is 1. The number of nitrogens with one attached hydrogen (secondary N) is 2. The summed E-state index contributed by atoms with van der Waals surface area (Å²) in [4.78, 5) is 24.1. The largest absolute Gasteiger partial charge is 0.448 e. The molecular weight excluding hydrogens is 350 g/mol. The van der Waals surface area contributed by atoms with Crippen LogP contribution in [0.15, 0.2) is 54.6 Å². The summed E-state index contributed by atoms with van der Waals surface area (Å²) in [6.07, 6.45) is -0.773. The number of amides is 2. The van der Waals surface area contributed by atoms with Crippen LogP contribution in [-0.4, -0.2) is 38.8 Å². The number of aromatic nitrogens is 4. The van der Waals surface area contributed by atoms with Gasteiger partial charge in [0.2, 0.25) is 11.7 Å². The van der Waals surface area contributed by atoms with Gasteiger partial charge in [0, 0.05) is 11.3 Å². The molecule has 2 aromatic carbocycles. The summed E-state index contributed by atoms with van der Waals surface area (Å²) >= 11 is 0. The van der Waals surface area contributed by atoms with Crippen molar-refractivity contribution in [2.45, 2.75) is 6.42 Å². The van der Waals surface area contributed by atoms with E-state index in [1.54, 1.807) is 24.3 Å². The summed E-state index contributed by atoms with van der Waals surface area (Å²) in [5.74, 6) is 5.05. The van der Waals surface area contributed by atoms with Gasteiger partial charge in [-0.1, -0.05) is 18.2 Å². The standard InChI is InChI=1S/C17H17N7O3/c18-20-17(26)27-11-10-15(25)19-13-8-6-12(7-9-13)16-21-23-24(22-16)14-4-2-1-3-5-14/h1-9H,10-11,18H2,(H,19,25)(H,20,26). The maximum absolute atomic E-state index is 11.8. The van der Waals surface area contributed by atoms with E-state index in [4.69, 9.17) is 5.84 Å². The lowest BCUT2D eigenvalue weighted by atomic mass is 10.2. The van der Waals surface area contributed by atoms with Crippen LogP contribution in [0.1, 0.15) is 6.42 Å². The Morgan fingerprint density at radius 3 is 2.52 bits per heavy atom. The molecule has 0 bridgehead atoms. The van der Waals surface area contributed by atoms with Crippen molar-refractivity contribution in [3.05, 3.63) is 54.6 Å². The van der Waals surface area contributed by atoms with Gasteiger partial charge in [0.05, 0.1) is 12.1 Å². The number of carbonyl (C=O) groups is 2. The van der Waals surface area contributed by atoms with E-state index in [2.05, 4.69) is 25.5 Å². The van der Waals surface area contributed by atoms with E-state index in [0.29, 0.717) is 11.5 Å². The molecule has 0 spiro atoms. The number of hydrogen-bond donors (Lipinski definition) is 3. The highest BCUT2D eigenvalue weighted by molar-refractivity contribution is 5.91. The molecule has 138 valence electrons. The van der Waals surface area contributed by atoms with Gasteiger partial charge in [0.15, 0.2) is 0 Å². The quantitative estimate of drug-likeness (QED) is 0.339. The summed E-state index contributed by atoms with van der Waals surface area (Å²) in [6, 6.07) is 16.5. The molecule has 27 heavy (non-hydrogen) atoms. The SMILES string of the molecule is NNC(=O)OCCC(=O)Nc1ccc(-c2nnn(-c3ccccc3)n2)cc1. The summed E-state index contributed by atoms with van der Waals surface area (Å²) in [5.41, 5.74) is 3.98. The average molecular weight is 367 g/mol. The fourth-order valence-corrected chi connectivity index (χ4v) is 2.20. The second-order valence-corrected chi connectivity index (χ2v) is 5.39. The molecule has 0 aliphatic heterocycles. The molecule has 0 atom stereocenters. The number of carbonyl (C=O) groups excluding carboxylic acids is 2. The summed E-state index contributed by atoms with van der Waals surface area (Å²) in [5, 5.41) is 15.1. The number of hydrogen-bond acceptors (Lipinski definition) is 7. The van der Waals surface area contributed by atoms with Crippen LogP contribution in [0, 0.1) is 0 Å². The Kier molecular flexibility index (Phi) is 5.70. The summed E-state index contributed by atoms with van der Waals surface area (Å²) in [7, 11) is 0. The Morgan fingerprint density at radius 1 is 1.07 bits per heavy atom. The third-order valence-corrected chi connectivity index (χ3v) is 3.51. The summed E-state index contributed by atoms with van der Waals surface area (Å²) in [6.45, 7) is -0.0700. The first-order valence-corrected chi connectivity index (χ1v) is 8.05. The zero-order chi connectivity index (χ0) is 19.1. The number of rotatable bonds is 6. The van der Waals surface area contributed by atoms with Gasteiger partial charge >= 0.3 is 6.09 Å². The Labute approximate surface area is 154 Å². The predicted molar refractivity (Wildman–Crippen MR) is 96.5 cm³/mol. The van der Waals surface area contributed by atoms with E-state index in [1.807, 2.05) is 35.8 Å². The van der Waals surface area contributed by atoms with Gasteiger partial charge in [0.25, 0.3) is 0 Å². The number of ether oxygens (including phenoxy) is 1. The van der Waals surface area contributed by atoms with Crippen molar-refractivity contribution in [2.24, 2.45) is 5.84 Å². The molecule has 0 unspecified atom stereocenters. The number of tetrazole rings is 1. The van der Waals surface area contributed by atoms with Crippen LogP contribution < -0.4 is 16.6 Å². The van der Waals surface area contributed by atoms with Crippen LogP contribution in [0.2, 0.25) is 0 Å². The van der Waals surface area contributed by atoms with Crippen LogP contribution in [0.25, 0.3) is 17.1 Å². The number of anilines is 1. The zero-order valence-corrected chi connectivity index (χ0v) is 14.2. The highest BCUT2D eigenvalue weighted by Gasteiger charge is 2.09. The van der Waals surface area contributed by atoms with Crippen LogP contribution >= 0.6 is 0 Å². The molecule has 1 aromatic heterocycles. The first-order valence-electron chi connectivity index (χ1n) is 8.05. The number of benzene rings is 2. The Morgan fingerprint density at radius 2 is 1.81 bits per heavy atom. The minimum absolute atomic E-state index is 0.0160. The van der Waals surface area contributed by atoms with E-state index in [9.17, 15) is 9.59 Å². The van der Waals surface area contributed by atoms with Gasteiger partial charge in [-0.05, 0) is 41.6 Å². The maximum Gasteiger partial charge on any atom is 0.421 e. The second-order valence-electron chi connectivity index (χ2n) is 5.39. The van der Waals surface area contributed by atoms with Crippen molar-refractivity contribution in [2.75, 3.05) is 11.9 Å². The molecule has 10 heteroatoms. The predicted octanol–water partition coefficient (Wildman–Crippen LogP) is 1.26. The molecule has 0 radical (unpaired) electrons. The lowest BCUT2D eigenvalue weighted by Gasteiger charge is -2.06. The van der Waals surface area contributed by atoms with Crippen LogP contribution in [0.4, 0.5) is 10.5 Å². The van der Waals surface area contributed by atoms with Crippen molar-refractivity contribution in [1.82, 2.24) is 25.6 Å². The van der Waals surface area contributed by atoms with Gasteiger partial charge < -0.3 is 10.1 Å². The minimum atomic E-state index is -0.789. The van der Waals surface area contributed by atoms with E-state index < -0.39 is 6.09 Å². The van der Waals surface area contributed by atoms with Crippen molar-refractivity contribution in [1.29, 1.82) is 0 Å². The molecular formula is C17H17N7O3. The first-order chi connectivity index (χ1) is 13.2. The zero-order valence-electron chi connectivity index (χ0n) is 14.2. The van der Waals surface area contributed by atoms with Crippen LogP contribution in [0.3, 0.4) is 0 Å². The molecule has 0 saturated carbocycles.